The largest absolute Gasteiger partial charge is 0.458 e. The minimum absolute atomic E-state index is 0.0349. The number of hydrogen-bond donors (Lipinski definition) is 0. The number of benzene rings is 1. The molecule has 2 saturated heterocycles. The lowest BCUT2D eigenvalue weighted by molar-refractivity contribution is -0.147. The topological polar surface area (TPSA) is 84.3 Å². The second-order valence-corrected chi connectivity index (χ2v) is 6.53. The Morgan fingerprint density at radius 2 is 2.24 bits per heavy atom. The van der Waals surface area contributed by atoms with E-state index in [1.54, 1.807) is 11.8 Å². The normalized spacial score (nSPS) is 30.6. The Balaban J connectivity index is 1.68. The van der Waals surface area contributed by atoms with Crippen LogP contribution in [-0.4, -0.2) is 35.2 Å². The van der Waals surface area contributed by atoms with Gasteiger partial charge in [0, 0.05) is 16.7 Å². The van der Waals surface area contributed by atoms with Crippen molar-refractivity contribution >= 4 is 17.7 Å². The van der Waals surface area contributed by atoms with Gasteiger partial charge in [0.2, 0.25) is 0 Å². The van der Waals surface area contributed by atoms with E-state index in [4.69, 9.17) is 15.0 Å². The van der Waals surface area contributed by atoms with E-state index in [1.165, 1.54) is 0 Å². The number of carbonyl (C=O) groups is 1. The summed E-state index contributed by atoms with van der Waals surface area (Å²) in [5.41, 5.74) is 9.56. The second-order valence-electron chi connectivity index (χ2n) is 5.05. The molecule has 1 aromatic carbocycles. The van der Waals surface area contributed by atoms with Gasteiger partial charge in [0.15, 0.2) is 0 Å². The van der Waals surface area contributed by atoms with E-state index in [2.05, 4.69) is 10.0 Å². The van der Waals surface area contributed by atoms with Crippen LogP contribution in [0, 0.1) is 0 Å². The van der Waals surface area contributed by atoms with Crippen LogP contribution in [0.25, 0.3) is 10.4 Å². The third kappa shape index (κ3) is 3.15. The summed E-state index contributed by atoms with van der Waals surface area (Å²) < 4.78 is 11.4. The molecule has 2 heterocycles. The van der Waals surface area contributed by atoms with Gasteiger partial charge in [-0.2, -0.15) is 0 Å². The fourth-order valence-electron chi connectivity index (χ4n) is 2.71. The van der Waals surface area contributed by atoms with E-state index in [1.807, 2.05) is 30.3 Å². The van der Waals surface area contributed by atoms with Crippen LogP contribution in [0.2, 0.25) is 0 Å². The van der Waals surface area contributed by atoms with Crippen LogP contribution in [0.1, 0.15) is 12.0 Å². The quantitative estimate of drug-likeness (QED) is 0.362. The van der Waals surface area contributed by atoms with Gasteiger partial charge in [0.25, 0.3) is 0 Å². The van der Waals surface area contributed by atoms with Crippen molar-refractivity contribution in [2.24, 2.45) is 5.11 Å². The highest BCUT2D eigenvalue weighted by Crippen LogP contribution is 2.43. The number of esters is 1. The number of nitrogens with zero attached hydrogens (tertiary/aromatic N) is 3. The summed E-state index contributed by atoms with van der Waals surface area (Å²) in [7, 11) is 0. The lowest BCUT2D eigenvalue weighted by Gasteiger charge is -2.22. The van der Waals surface area contributed by atoms with E-state index in [0.29, 0.717) is 19.6 Å². The zero-order chi connectivity index (χ0) is 14.7. The minimum atomic E-state index is -0.231. The summed E-state index contributed by atoms with van der Waals surface area (Å²) >= 11 is 1.63. The molecule has 3 rings (SSSR count). The molecule has 2 aliphatic rings. The SMILES string of the molecule is [N-]=[N+]=NC[C@H]1S[C@H]2CC(=O)O[C@H]2[C@@H]1OCc1ccccc1. The first-order valence-electron chi connectivity index (χ1n) is 6.79. The first-order valence-corrected chi connectivity index (χ1v) is 7.73. The summed E-state index contributed by atoms with van der Waals surface area (Å²) in [6.45, 7) is 0.810. The first kappa shape index (κ1) is 14.3. The van der Waals surface area contributed by atoms with Gasteiger partial charge >= 0.3 is 5.97 Å². The molecule has 21 heavy (non-hydrogen) atoms. The van der Waals surface area contributed by atoms with Crippen molar-refractivity contribution < 1.29 is 14.3 Å². The van der Waals surface area contributed by atoms with Crippen molar-refractivity contribution in [3.63, 3.8) is 0 Å². The number of carbonyl (C=O) groups excluding carboxylic acids is 1. The highest BCUT2D eigenvalue weighted by molar-refractivity contribution is 8.01. The van der Waals surface area contributed by atoms with Gasteiger partial charge < -0.3 is 9.47 Å². The van der Waals surface area contributed by atoms with Gasteiger partial charge in [-0.15, -0.1) is 11.8 Å². The Kier molecular flexibility index (Phi) is 4.34. The molecule has 0 radical (unpaired) electrons. The summed E-state index contributed by atoms with van der Waals surface area (Å²) in [4.78, 5) is 14.2. The molecule has 0 bridgehead atoms. The predicted molar refractivity (Wildman–Crippen MR) is 78.7 cm³/mol. The number of hydrogen-bond acceptors (Lipinski definition) is 5. The Hall–Kier alpha value is -1.69. The smallest absolute Gasteiger partial charge is 0.307 e. The first-order chi connectivity index (χ1) is 10.3. The Morgan fingerprint density at radius 1 is 1.43 bits per heavy atom. The second kappa shape index (κ2) is 6.39. The molecule has 110 valence electrons. The average molecular weight is 305 g/mol. The standard InChI is InChI=1S/C14H15N3O3S/c15-17-16-7-11-13(14-10(21-11)6-12(18)20-14)19-8-9-4-2-1-3-5-9/h1-5,10-11,13-14H,6-8H2/t10-,11+,13+,14+/m0/s1. The van der Waals surface area contributed by atoms with Crippen LogP contribution < -0.4 is 0 Å². The third-order valence-electron chi connectivity index (χ3n) is 3.65. The van der Waals surface area contributed by atoms with E-state index < -0.39 is 0 Å². The van der Waals surface area contributed by atoms with Crippen LogP contribution >= 0.6 is 11.8 Å². The monoisotopic (exact) mass is 305 g/mol. The molecule has 1 aromatic rings. The van der Waals surface area contributed by atoms with E-state index in [9.17, 15) is 4.79 Å². The maximum atomic E-state index is 11.4. The maximum Gasteiger partial charge on any atom is 0.307 e. The highest BCUT2D eigenvalue weighted by Gasteiger charge is 2.51. The van der Waals surface area contributed by atoms with Crippen molar-refractivity contribution in [1.82, 2.24) is 0 Å². The fourth-order valence-corrected chi connectivity index (χ4v) is 4.29. The molecule has 0 aliphatic carbocycles. The van der Waals surface area contributed by atoms with Gasteiger partial charge in [-0.25, -0.2) is 0 Å². The molecule has 0 unspecified atom stereocenters. The van der Waals surface area contributed by atoms with Crippen molar-refractivity contribution in [3.05, 3.63) is 46.3 Å². The highest BCUT2D eigenvalue weighted by atomic mass is 32.2. The van der Waals surface area contributed by atoms with Crippen molar-refractivity contribution in [2.75, 3.05) is 6.54 Å². The van der Waals surface area contributed by atoms with Crippen molar-refractivity contribution in [2.45, 2.75) is 35.7 Å². The van der Waals surface area contributed by atoms with Gasteiger partial charge in [-0.05, 0) is 11.1 Å². The minimum Gasteiger partial charge on any atom is -0.458 e. The molecule has 0 amide bonds. The van der Waals surface area contributed by atoms with E-state index in [0.717, 1.165) is 5.56 Å². The van der Waals surface area contributed by atoms with Crippen LogP contribution in [-0.2, 0) is 20.9 Å². The number of fused-ring (bicyclic) bond motifs is 1. The van der Waals surface area contributed by atoms with Gasteiger partial charge in [-0.1, -0.05) is 35.4 Å². The molecule has 2 fully saturated rings. The van der Waals surface area contributed by atoms with E-state index in [-0.39, 0.29) is 28.7 Å². The fraction of sp³-hybridized carbons (Fsp3) is 0.500. The number of azide groups is 1. The lowest BCUT2D eigenvalue weighted by Crippen LogP contribution is -2.35. The molecule has 0 saturated carbocycles. The molecule has 6 nitrogen and oxygen atoms in total. The van der Waals surface area contributed by atoms with Crippen molar-refractivity contribution in [1.29, 1.82) is 0 Å². The van der Waals surface area contributed by atoms with Crippen LogP contribution in [0.15, 0.2) is 35.4 Å². The number of rotatable bonds is 5. The Labute approximate surface area is 126 Å². The Morgan fingerprint density at radius 3 is 3.00 bits per heavy atom. The molecule has 2 aliphatic heterocycles. The summed E-state index contributed by atoms with van der Waals surface area (Å²) in [5.74, 6) is -0.173. The maximum absolute atomic E-state index is 11.4. The molecule has 0 spiro atoms. The molecule has 0 N–H and O–H groups in total. The van der Waals surface area contributed by atoms with Gasteiger partial charge in [0.05, 0.1) is 18.3 Å². The van der Waals surface area contributed by atoms with E-state index >= 15 is 0 Å². The molecular formula is C14H15N3O3S. The average Bonchev–Trinajstić information content (AvgIpc) is 3.00. The van der Waals surface area contributed by atoms with Crippen molar-refractivity contribution in [3.8, 4) is 0 Å². The third-order valence-corrected chi connectivity index (χ3v) is 5.20. The predicted octanol–water partition coefficient (Wildman–Crippen LogP) is 2.68. The lowest BCUT2D eigenvalue weighted by atomic mass is 10.1. The molecule has 7 heteroatoms. The van der Waals surface area contributed by atoms with Gasteiger partial charge in [-0.3, -0.25) is 4.79 Å². The summed E-state index contributed by atoms with van der Waals surface area (Å²) in [6, 6.07) is 9.84. The molecule has 0 aromatic heterocycles. The number of ether oxygens (including phenoxy) is 2. The van der Waals surface area contributed by atoms with Crippen LogP contribution in [0.3, 0.4) is 0 Å². The van der Waals surface area contributed by atoms with Crippen LogP contribution in [0.4, 0.5) is 0 Å². The number of thioether (sulfide) groups is 1. The van der Waals surface area contributed by atoms with Gasteiger partial charge in [0.1, 0.15) is 12.2 Å². The summed E-state index contributed by atoms with van der Waals surface area (Å²) in [6.07, 6.45) is -0.0462. The Bertz CT molecular complexity index is 562. The van der Waals surface area contributed by atoms with Crippen LogP contribution in [0.5, 0.6) is 0 Å². The molecular weight excluding hydrogens is 290 g/mol. The zero-order valence-electron chi connectivity index (χ0n) is 11.3. The summed E-state index contributed by atoms with van der Waals surface area (Å²) in [5, 5.41) is 3.79. The molecule has 4 atom stereocenters. The zero-order valence-corrected chi connectivity index (χ0v) is 12.1.